The highest BCUT2D eigenvalue weighted by atomic mass is 16.5. The third-order valence-corrected chi connectivity index (χ3v) is 5.74. The summed E-state index contributed by atoms with van der Waals surface area (Å²) >= 11 is 0. The number of hydrogen-bond acceptors (Lipinski definition) is 6. The minimum atomic E-state index is 0.384. The third-order valence-electron chi connectivity index (χ3n) is 5.74. The molecule has 0 radical (unpaired) electrons. The second-order valence-electron chi connectivity index (χ2n) is 8.21. The van der Waals surface area contributed by atoms with Gasteiger partial charge in [-0.3, -0.25) is 14.9 Å². The predicted octanol–water partition coefficient (Wildman–Crippen LogP) is 3.39. The first-order chi connectivity index (χ1) is 15.8. The maximum absolute atomic E-state index is 6.14. The van der Waals surface area contributed by atoms with Crippen molar-refractivity contribution in [1.82, 2.24) is 24.3 Å². The van der Waals surface area contributed by atoms with Crippen molar-refractivity contribution < 1.29 is 9.47 Å². The second kappa shape index (κ2) is 9.89. The molecule has 7 heteroatoms. The summed E-state index contributed by atoms with van der Waals surface area (Å²) in [6.45, 7) is 4.69. The van der Waals surface area contributed by atoms with Crippen molar-refractivity contribution in [2.45, 2.75) is 19.6 Å². The Morgan fingerprint density at radius 1 is 1.06 bits per heavy atom. The molecule has 0 amide bonds. The Morgan fingerprint density at radius 3 is 2.97 bits per heavy atom. The van der Waals surface area contributed by atoms with E-state index in [0.717, 1.165) is 61.9 Å². The molecule has 1 aliphatic rings. The number of hydrogen-bond donors (Lipinski definition) is 0. The van der Waals surface area contributed by atoms with Gasteiger partial charge in [0.2, 0.25) is 0 Å². The molecule has 4 heterocycles. The Hall–Kier alpha value is -3.29. The molecular weight excluding hydrogens is 402 g/mol. The first kappa shape index (κ1) is 20.6. The van der Waals surface area contributed by atoms with Crippen LogP contribution in [0.2, 0.25) is 0 Å². The van der Waals surface area contributed by atoms with Gasteiger partial charge < -0.3 is 13.9 Å². The molecule has 1 fully saturated rings. The van der Waals surface area contributed by atoms with E-state index >= 15 is 0 Å². The maximum Gasteiger partial charge on any atom is 0.155 e. The second-order valence-corrected chi connectivity index (χ2v) is 8.21. The summed E-state index contributed by atoms with van der Waals surface area (Å²) in [7, 11) is 0. The lowest BCUT2D eigenvalue weighted by Gasteiger charge is -2.24. The van der Waals surface area contributed by atoms with E-state index in [4.69, 9.17) is 9.47 Å². The van der Waals surface area contributed by atoms with E-state index in [1.54, 1.807) is 12.4 Å². The molecule has 1 saturated heterocycles. The standard InChI is InChI=1S/C25H27N5O2/c1-2-6-24(32-19-20-4-3-7-26-13-20)22(5-1)16-29-10-11-31-18-21(15-29)12-23-17-30-9-8-27-25(30)14-28-23/h1-9,13-14,17,21H,10-12,15-16,18-19H2/t21-/m1/s1. The first-order valence-corrected chi connectivity index (χ1v) is 11.0. The zero-order chi connectivity index (χ0) is 21.6. The van der Waals surface area contributed by atoms with Crippen molar-refractivity contribution in [1.29, 1.82) is 0 Å². The number of aromatic nitrogens is 4. The molecule has 0 unspecified atom stereocenters. The van der Waals surface area contributed by atoms with Crippen LogP contribution in [0, 0.1) is 5.92 Å². The topological polar surface area (TPSA) is 64.8 Å². The molecule has 0 N–H and O–H groups in total. The Balaban J connectivity index is 1.24. The van der Waals surface area contributed by atoms with Gasteiger partial charge in [0.1, 0.15) is 12.4 Å². The highest BCUT2D eigenvalue weighted by molar-refractivity contribution is 5.35. The summed E-state index contributed by atoms with van der Waals surface area (Å²) in [5.41, 5.74) is 4.18. The van der Waals surface area contributed by atoms with Crippen LogP contribution in [0.3, 0.4) is 0 Å². The van der Waals surface area contributed by atoms with Gasteiger partial charge in [0, 0.05) is 67.7 Å². The summed E-state index contributed by atoms with van der Waals surface area (Å²) in [6, 6.07) is 12.2. The molecule has 0 aliphatic carbocycles. The number of imidazole rings is 1. The lowest BCUT2D eigenvalue weighted by molar-refractivity contribution is 0.121. The van der Waals surface area contributed by atoms with Crippen LogP contribution in [0.4, 0.5) is 0 Å². The van der Waals surface area contributed by atoms with Gasteiger partial charge >= 0.3 is 0 Å². The molecule has 0 saturated carbocycles. The molecule has 4 aromatic rings. The number of rotatable bonds is 7. The average molecular weight is 430 g/mol. The van der Waals surface area contributed by atoms with Crippen molar-refractivity contribution in [3.63, 3.8) is 0 Å². The van der Waals surface area contributed by atoms with E-state index < -0.39 is 0 Å². The van der Waals surface area contributed by atoms with Gasteiger partial charge in [-0.25, -0.2) is 4.98 Å². The van der Waals surface area contributed by atoms with Crippen LogP contribution < -0.4 is 4.74 Å². The Morgan fingerprint density at radius 2 is 2.03 bits per heavy atom. The van der Waals surface area contributed by atoms with Gasteiger partial charge in [-0.05, 0) is 18.6 Å². The van der Waals surface area contributed by atoms with Crippen molar-refractivity contribution in [2.75, 3.05) is 26.3 Å². The zero-order valence-corrected chi connectivity index (χ0v) is 18.0. The number of para-hydroxylation sites is 1. The van der Waals surface area contributed by atoms with Crippen LogP contribution in [-0.4, -0.2) is 50.6 Å². The summed E-state index contributed by atoms with van der Waals surface area (Å²) < 4.78 is 14.1. The number of ether oxygens (including phenoxy) is 2. The minimum absolute atomic E-state index is 0.384. The molecule has 1 aromatic carbocycles. The quantitative estimate of drug-likeness (QED) is 0.449. The lowest BCUT2D eigenvalue weighted by atomic mass is 10.0. The largest absolute Gasteiger partial charge is 0.489 e. The SMILES string of the molecule is c1cncc(COc2ccccc2CN2CCOC[C@H](Cc3cn4ccnc4cn3)C2)c1. The lowest BCUT2D eigenvalue weighted by Crippen LogP contribution is -2.30. The molecule has 1 atom stereocenters. The van der Waals surface area contributed by atoms with Gasteiger partial charge in [0.25, 0.3) is 0 Å². The van der Waals surface area contributed by atoms with Gasteiger partial charge in [0.05, 0.1) is 25.1 Å². The van der Waals surface area contributed by atoms with Crippen molar-refractivity contribution in [3.8, 4) is 5.75 Å². The van der Waals surface area contributed by atoms with Crippen LogP contribution in [0.25, 0.3) is 5.65 Å². The van der Waals surface area contributed by atoms with Crippen molar-refractivity contribution >= 4 is 5.65 Å². The maximum atomic E-state index is 6.14. The van der Waals surface area contributed by atoms with Gasteiger partial charge in [-0.2, -0.15) is 0 Å². The highest BCUT2D eigenvalue weighted by Crippen LogP contribution is 2.23. The summed E-state index contributed by atoms with van der Waals surface area (Å²) in [5, 5.41) is 0. The Labute approximate surface area is 187 Å². The molecule has 1 aliphatic heterocycles. The van der Waals surface area contributed by atoms with Crippen LogP contribution >= 0.6 is 0 Å². The number of benzene rings is 1. The van der Waals surface area contributed by atoms with E-state index in [1.165, 1.54) is 5.56 Å². The molecule has 7 nitrogen and oxygen atoms in total. The van der Waals surface area contributed by atoms with E-state index in [1.807, 2.05) is 47.3 Å². The van der Waals surface area contributed by atoms with Crippen LogP contribution in [0.1, 0.15) is 16.8 Å². The summed E-state index contributed by atoms with van der Waals surface area (Å²) in [5.74, 6) is 1.31. The van der Waals surface area contributed by atoms with Crippen LogP contribution in [-0.2, 0) is 24.3 Å². The number of nitrogens with zero attached hydrogens (tertiary/aromatic N) is 5. The van der Waals surface area contributed by atoms with Crippen molar-refractivity contribution in [3.05, 3.63) is 90.4 Å². The molecular formula is C25H27N5O2. The molecule has 0 spiro atoms. The molecule has 164 valence electrons. The summed E-state index contributed by atoms with van der Waals surface area (Å²) in [6.07, 6.45) is 12.2. The fraction of sp³-hybridized carbons (Fsp3) is 0.320. The van der Waals surface area contributed by atoms with Crippen LogP contribution in [0.5, 0.6) is 5.75 Å². The molecule has 0 bridgehead atoms. The van der Waals surface area contributed by atoms with E-state index in [2.05, 4.69) is 38.2 Å². The van der Waals surface area contributed by atoms with E-state index in [0.29, 0.717) is 12.5 Å². The number of pyridine rings is 1. The molecule has 32 heavy (non-hydrogen) atoms. The Kier molecular flexibility index (Phi) is 6.37. The monoisotopic (exact) mass is 429 g/mol. The van der Waals surface area contributed by atoms with Gasteiger partial charge in [-0.1, -0.05) is 24.3 Å². The Bertz CT molecular complexity index is 1150. The predicted molar refractivity (Wildman–Crippen MR) is 121 cm³/mol. The van der Waals surface area contributed by atoms with E-state index in [9.17, 15) is 0 Å². The normalized spacial score (nSPS) is 17.3. The van der Waals surface area contributed by atoms with Gasteiger partial charge in [-0.15, -0.1) is 0 Å². The van der Waals surface area contributed by atoms with Crippen molar-refractivity contribution in [2.24, 2.45) is 5.92 Å². The first-order valence-electron chi connectivity index (χ1n) is 11.0. The smallest absolute Gasteiger partial charge is 0.155 e. The van der Waals surface area contributed by atoms with E-state index in [-0.39, 0.29) is 0 Å². The fourth-order valence-electron chi connectivity index (χ4n) is 4.15. The minimum Gasteiger partial charge on any atom is -0.489 e. The number of fused-ring (bicyclic) bond motifs is 1. The summed E-state index contributed by atoms with van der Waals surface area (Å²) in [4.78, 5) is 15.5. The molecule has 5 rings (SSSR count). The third kappa shape index (κ3) is 5.12. The average Bonchev–Trinajstić information content (AvgIpc) is 3.19. The molecule has 3 aromatic heterocycles. The van der Waals surface area contributed by atoms with Gasteiger partial charge in [0.15, 0.2) is 5.65 Å². The zero-order valence-electron chi connectivity index (χ0n) is 18.0. The fourth-order valence-corrected chi connectivity index (χ4v) is 4.15. The highest BCUT2D eigenvalue weighted by Gasteiger charge is 2.21. The van der Waals surface area contributed by atoms with Crippen LogP contribution in [0.15, 0.2) is 73.6 Å².